The lowest BCUT2D eigenvalue weighted by molar-refractivity contribution is -0.111. The van der Waals surface area contributed by atoms with Crippen molar-refractivity contribution in [2.45, 2.75) is 65.3 Å². The van der Waals surface area contributed by atoms with Gasteiger partial charge in [0.25, 0.3) is 0 Å². The normalized spacial score (nSPS) is 47.8. The lowest BCUT2D eigenvalue weighted by Crippen LogP contribution is -2.55. The SMILES string of the molecule is CNC(C)C1C2CC3CC1CC(CC(C)C)(C3)C2. The molecule has 0 heterocycles. The van der Waals surface area contributed by atoms with Crippen LogP contribution in [0.25, 0.3) is 0 Å². The molecule has 4 saturated carbocycles. The smallest absolute Gasteiger partial charge is 0.00693 e. The quantitative estimate of drug-likeness (QED) is 0.791. The Hall–Kier alpha value is -0.0400. The highest BCUT2D eigenvalue weighted by Gasteiger charge is 2.55. The summed E-state index contributed by atoms with van der Waals surface area (Å²) in [6.45, 7) is 7.26. The Morgan fingerprint density at radius 2 is 1.67 bits per heavy atom. The average molecular weight is 249 g/mol. The Labute approximate surface area is 113 Å². The predicted molar refractivity (Wildman–Crippen MR) is 77.5 cm³/mol. The maximum Gasteiger partial charge on any atom is 0.00693 e. The summed E-state index contributed by atoms with van der Waals surface area (Å²) in [6.07, 6.45) is 9.26. The second-order valence-corrected chi connectivity index (χ2v) is 8.22. The van der Waals surface area contributed by atoms with Crippen LogP contribution in [0.2, 0.25) is 0 Å². The first-order chi connectivity index (χ1) is 8.53. The van der Waals surface area contributed by atoms with Crippen molar-refractivity contribution in [3.8, 4) is 0 Å². The van der Waals surface area contributed by atoms with Crippen molar-refractivity contribution in [2.24, 2.45) is 35.0 Å². The van der Waals surface area contributed by atoms with Gasteiger partial charge in [-0.05, 0) is 87.5 Å². The Bertz CT molecular complexity index is 289. The van der Waals surface area contributed by atoms with Crippen LogP contribution in [0.5, 0.6) is 0 Å². The van der Waals surface area contributed by atoms with E-state index in [2.05, 4.69) is 33.1 Å². The molecule has 4 aliphatic carbocycles. The van der Waals surface area contributed by atoms with Crippen molar-refractivity contribution in [1.29, 1.82) is 0 Å². The molecule has 1 heteroatoms. The molecule has 0 amide bonds. The van der Waals surface area contributed by atoms with Gasteiger partial charge in [0.2, 0.25) is 0 Å². The highest BCUT2D eigenvalue weighted by molar-refractivity contribution is 5.06. The van der Waals surface area contributed by atoms with Crippen LogP contribution in [0.1, 0.15) is 59.3 Å². The van der Waals surface area contributed by atoms with Crippen molar-refractivity contribution in [1.82, 2.24) is 5.32 Å². The van der Waals surface area contributed by atoms with Gasteiger partial charge < -0.3 is 5.32 Å². The van der Waals surface area contributed by atoms with Gasteiger partial charge in [-0.2, -0.15) is 0 Å². The van der Waals surface area contributed by atoms with E-state index in [1.807, 2.05) is 0 Å². The van der Waals surface area contributed by atoms with Crippen molar-refractivity contribution in [2.75, 3.05) is 7.05 Å². The Kier molecular flexibility index (Phi) is 3.25. The Morgan fingerprint density at radius 1 is 1.06 bits per heavy atom. The van der Waals surface area contributed by atoms with Gasteiger partial charge >= 0.3 is 0 Å². The third kappa shape index (κ3) is 2.03. The summed E-state index contributed by atoms with van der Waals surface area (Å²) in [5.41, 5.74) is 0.759. The lowest BCUT2D eigenvalue weighted by Gasteiger charge is -2.62. The van der Waals surface area contributed by atoms with E-state index in [4.69, 9.17) is 0 Å². The molecule has 1 nitrogen and oxygen atoms in total. The number of nitrogens with one attached hydrogen (secondary N) is 1. The molecule has 104 valence electrons. The molecule has 4 aliphatic rings. The molecule has 18 heavy (non-hydrogen) atoms. The van der Waals surface area contributed by atoms with E-state index in [9.17, 15) is 0 Å². The molecular weight excluding hydrogens is 218 g/mol. The molecule has 0 aromatic heterocycles. The van der Waals surface area contributed by atoms with Crippen LogP contribution in [-0.2, 0) is 0 Å². The molecule has 1 N–H and O–H groups in total. The third-order valence-corrected chi connectivity index (χ3v) is 6.35. The van der Waals surface area contributed by atoms with Crippen LogP contribution in [0, 0.1) is 35.0 Å². The fourth-order valence-electron chi connectivity index (χ4n) is 6.36. The van der Waals surface area contributed by atoms with Crippen LogP contribution in [-0.4, -0.2) is 13.1 Å². The topological polar surface area (TPSA) is 12.0 Å². The van der Waals surface area contributed by atoms with Crippen LogP contribution in [0.15, 0.2) is 0 Å². The van der Waals surface area contributed by atoms with E-state index in [-0.39, 0.29) is 0 Å². The molecule has 0 radical (unpaired) electrons. The van der Waals surface area contributed by atoms with E-state index in [0.717, 1.165) is 41.0 Å². The molecule has 0 saturated heterocycles. The van der Waals surface area contributed by atoms with Gasteiger partial charge in [0.1, 0.15) is 0 Å². The van der Waals surface area contributed by atoms with E-state index in [1.54, 1.807) is 32.1 Å². The molecule has 4 bridgehead atoms. The van der Waals surface area contributed by atoms with E-state index in [0.29, 0.717) is 0 Å². The minimum Gasteiger partial charge on any atom is -0.317 e. The predicted octanol–water partition coefficient (Wildman–Crippen LogP) is 4.08. The summed E-state index contributed by atoms with van der Waals surface area (Å²) in [4.78, 5) is 0. The monoisotopic (exact) mass is 249 g/mol. The first-order valence-corrected chi connectivity index (χ1v) is 8.20. The molecular formula is C17H31N. The molecule has 0 aromatic carbocycles. The maximum absolute atomic E-state index is 3.55. The van der Waals surface area contributed by atoms with Crippen molar-refractivity contribution < 1.29 is 0 Å². The van der Waals surface area contributed by atoms with Gasteiger partial charge in [-0.3, -0.25) is 0 Å². The summed E-state index contributed by atoms with van der Waals surface area (Å²) in [6, 6.07) is 0.732. The number of hydrogen-bond donors (Lipinski definition) is 1. The summed E-state index contributed by atoms with van der Waals surface area (Å²) < 4.78 is 0. The standard InChI is InChI=1S/C17H31N/c1-11(2)7-17-8-13-5-14(9-17)16(12(3)18-4)15(6-13)10-17/h11-16,18H,5-10H2,1-4H3. The summed E-state index contributed by atoms with van der Waals surface area (Å²) >= 11 is 0. The second kappa shape index (κ2) is 4.51. The summed E-state index contributed by atoms with van der Waals surface area (Å²) in [5.74, 6) is 5.03. The van der Waals surface area contributed by atoms with Gasteiger partial charge in [-0.1, -0.05) is 13.8 Å². The molecule has 3 atom stereocenters. The van der Waals surface area contributed by atoms with Crippen LogP contribution in [0.4, 0.5) is 0 Å². The molecule has 4 rings (SSSR count). The van der Waals surface area contributed by atoms with Gasteiger partial charge in [-0.25, -0.2) is 0 Å². The Balaban J connectivity index is 1.80. The molecule has 4 fully saturated rings. The molecule has 0 aliphatic heterocycles. The van der Waals surface area contributed by atoms with Gasteiger partial charge in [-0.15, -0.1) is 0 Å². The number of rotatable bonds is 4. The first-order valence-electron chi connectivity index (χ1n) is 8.20. The van der Waals surface area contributed by atoms with Crippen molar-refractivity contribution in [3.63, 3.8) is 0 Å². The van der Waals surface area contributed by atoms with Crippen molar-refractivity contribution >= 4 is 0 Å². The van der Waals surface area contributed by atoms with Gasteiger partial charge in [0.15, 0.2) is 0 Å². The minimum atomic E-state index is 0.732. The average Bonchev–Trinajstić information content (AvgIpc) is 2.25. The minimum absolute atomic E-state index is 0.732. The zero-order chi connectivity index (χ0) is 12.9. The molecule has 0 aromatic rings. The van der Waals surface area contributed by atoms with E-state index in [1.165, 1.54) is 6.42 Å². The highest BCUT2D eigenvalue weighted by atomic mass is 14.9. The van der Waals surface area contributed by atoms with E-state index < -0.39 is 0 Å². The van der Waals surface area contributed by atoms with Crippen LogP contribution >= 0.6 is 0 Å². The van der Waals surface area contributed by atoms with E-state index >= 15 is 0 Å². The number of hydrogen-bond acceptors (Lipinski definition) is 1. The van der Waals surface area contributed by atoms with Gasteiger partial charge in [0, 0.05) is 6.04 Å². The molecule has 0 spiro atoms. The Morgan fingerprint density at radius 3 is 2.17 bits per heavy atom. The van der Waals surface area contributed by atoms with Gasteiger partial charge in [0.05, 0.1) is 0 Å². The van der Waals surface area contributed by atoms with Crippen molar-refractivity contribution in [3.05, 3.63) is 0 Å². The zero-order valence-electron chi connectivity index (χ0n) is 12.7. The lowest BCUT2D eigenvalue weighted by atomic mass is 9.44. The summed E-state index contributed by atoms with van der Waals surface area (Å²) in [7, 11) is 2.15. The fourth-order valence-corrected chi connectivity index (χ4v) is 6.36. The third-order valence-electron chi connectivity index (χ3n) is 6.35. The first kappa shape index (κ1) is 13.0. The van der Waals surface area contributed by atoms with Crippen LogP contribution < -0.4 is 5.32 Å². The molecule has 3 unspecified atom stereocenters. The second-order valence-electron chi connectivity index (χ2n) is 8.22. The van der Waals surface area contributed by atoms with Crippen LogP contribution in [0.3, 0.4) is 0 Å². The fraction of sp³-hybridized carbons (Fsp3) is 1.00. The highest BCUT2D eigenvalue weighted by Crippen LogP contribution is 2.64. The largest absolute Gasteiger partial charge is 0.317 e. The maximum atomic E-state index is 3.55. The summed E-state index contributed by atoms with van der Waals surface area (Å²) in [5, 5.41) is 3.55. The zero-order valence-corrected chi connectivity index (χ0v) is 12.7.